The Hall–Kier alpha value is -7.86. The van der Waals surface area contributed by atoms with Gasteiger partial charge in [0.1, 0.15) is 11.5 Å². The van der Waals surface area contributed by atoms with Crippen molar-refractivity contribution < 1.29 is 4.74 Å². The molecular formula is C69H57BN2OS. The van der Waals surface area contributed by atoms with Crippen LogP contribution in [0, 0.1) is 0 Å². The first-order chi connectivity index (χ1) is 35.7. The van der Waals surface area contributed by atoms with E-state index < -0.39 is 0 Å². The van der Waals surface area contributed by atoms with Gasteiger partial charge in [-0.05, 0) is 148 Å². The molecule has 0 fully saturated rings. The van der Waals surface area contributed by atoms with Gasteiger partial charge < -0.3 is 14.5 Å². The van der Waals surface area contributed by atoms with Gasteiger partial charge in [-0.2, -0.15) is 0 Å². The van der Waals surface area contributed by atoms with Gasteiger partial charge in [0.05, 0.1) is 11.4 Å². The Balaban J connectivity index is 1.12. The van der Waals surface area contributed by atoms with Crippen molar-refractivity contribution in [3.8, 4) is 33.8 Å². The second kappa shape index (κ2) is 16.1. The van der Waals surface area contributed by atoms with Crippen LogP contribution in [0.5, 0.6) is 11.5 Å². The van der Waals surface area contributed by atoms with Gasteiger partial charge in [0.25, 0.3) is 6.71 Å². The molecule has 0 radical (unpaired) electrons. The molecule has 0 saturated carbocycles. The van der Waals surface area contributed by atoms with Gasteiger partial charge in [0.2, 0.25) is 0 Å². The van der Waals surface area contributed by atoms with E-state index in [0.717, 1.165) is 28.6 Å². The number of hydrogen-bond acceptors (Lipinski definition) is 4. The van der Waals surface area contributed by atoms with Crippen LogP contribution < -0.4 is 30.2 Å². The average molecular weight is 973 g/mol. The van der Waals surface area contributed by atoms with Crippen LogP contribution in [-0.4, -0.2) is 6.71 Å². The smallest absolute Gasteiger partial charge is 0.268 e. The van der Waals surface area contributed by atoms with Gasteiger partial charge in [-0.3, -0.25) is 0 Å². The van der Waals surface area contributed by atoms with Gasteiger partial charge in [-0.25, -0.2) is 0 Å². The van der Waals surface area contributed by atoms with Gasteiger partial charge in [0, 0.05) is 43.0 Å². The summed E-state index contributed by atoms with van der Waals surface area (Å²) in [4.78, 5) is 5.11. The minimum atomic E-state index is -0.311. The standard InChI is InChI=1S/C69H57BN2OS/c1-67(2,3)44-32-35-61-52(36-44)65-66(74-61)70-55-40-54-57(71(46-26-16-11-17-27-46)56-31-21-20-30-53(56)69(54,7)8)41-58(55)72(59-37-45(68(4,5)6)38-60(73-65)64(59)70)47-33-34-50-51(39-47)63(43-24-14-10-15-25-43)49-29-19-18-28-48(49)62(50)42-22-12-9-13-23-42/h9-41H,1-8H3. The van der Waals surface area contributed by atoms with E-state index in [1.807, 2.05) is 11.3 Å². The number of anilines is 6. The fourth-order valence-electron chi connectivity index (χ4n) is 12.6. The van der Waals surface area contributed by atoms with Crippen molar-refractivity contribution in [3.05, 3.63) is 222 Å². The molecule has 3 aliphatic rings. The van der Waals surface area contributed by atoms with E-state index in [1.165, 1.54) is 109 Å². The molecule has 0 unspecified atom stereocenters. The molecule has 0 spiro atoms. The molecule has 3 nitrogen and oxygen atoms in total. The summed E-state index contributed by atoms with van der Waals surface area (Å²) >= 11 is 1.90. The molecule has 4 heterocycles. The van der Waals surface area contributed by atoms with Crippen molar-refractivity contribution in [3.63, 3.8) is 0 Å². The average Bonchev–Trinajstić information content (AvgIpc) is 3.78. The molecule has 74 heavy (non-hydrogen) atoms. The lowest BCUT2D eigenvalue weighted by Crippen LogP contribution is -2.59. The van der Waals surface area contributed by atoms with Gasteiger partial charge >= 0.3 is 0 Å². The summed E-state index contributed by atoms with van der Waals surface area (Å²) in [7, 11) is 0. The zero-order valence-electron chi connectivity index (χ0n) is 43.3. The maximum absolute atomic E-state index is 7.49. The van der Waals surface area contributed by atoms with E-state index in [1.54, 1.807) is 0 Å². The van der Waals surface area contributed by atoms with E-state index in [4.69, 9.17) is 4.74 Å². The Morgan fingerprint density at radius 1 is 0.446 bits per heavy atom. The lowest BCUT2D eigenvalue weighted by molar-refractivity contribution is 0.490. The number of fused-ring (bicyclic) bond motifs is 10. The number of benzene rings is 10. The van der Waals surface area contributed by atoms with E-state index in [2.05, 4.69) is 265 Å². The first kappa shape index (κ1) is 44.8. The van der Waals surface area contributed by atoms with Crippen LogP contribution in [0.2, 0.25) is 0 Å². The maximum atomic E-state index is 7.49. The summed E-state index contributed by atoms with van der Waals surface area (Å²) in [5, 5.41) is 6.12. The van der Waals surface area contributed by atoms with Crippen molar-refractivity contribution in [2.75, 3.05) is 9.80 Å². The predicted octanol–water partition coefficient (Wildman–Crippen LogP) is 17.7. The van der Waals surface area contributed by atoms with Crippen LogP contribution in [0.4, 0.5) is 34.1 Å². The molecule has 10 aromatic carbocycles. The molecule has 0 N–H and O–H groups in total. The minimum absolute atomic E-state index is 0.0138. The van der Waals surface area contributed by atoms with Crippen LogP contribution in [0.15, 0.2) is 200 Å². The Kier molecular flexibility index (Phi) is 9.73. The van der Waals surface area contributed by atoms with Crippen LogP contribution in [0.25, 0.3) is 53.9 Å². The van der Waals surface area contributed by atoms with Crippen molar-refractivity contribution in [2.45, 2.75) is 71.6 Å². The van der Waals surface area contributed by atoms with E-state index in [-0.39, 0.29) is 23.0 Å². The molecule has 358 valence electrons. The first-order valence-corrected chi connectivity index (χ1v) is 27.0. The monoisotopic (exact) mass is 972 g/mol. The topological polar surface area (TPSA) is 15.7 Å². The largest absolute Gasteiger partial charge is 0.457 e. The zero-order chi connectivity index (χ0) is 50.4. The van der Waals surface area contributed by atoms with Crippen molar-refractivity contribution >= 4 is 99.5 Å². The molecule has 3 aliphatic heterocycles. The lowest BCUT2D eigenvalue weighted by Gasteiger charge is -2.45. The van der Waals surface area contributed by atoms with Gasteiger partial charge in [-0.1, -0.05) is 195 Å². The van der Waals surface area contributed by atoms with Crippen LogP contribution >= 0.6 is 11.3 Å². The highest BCUT2D eigenvalue weighted by atomic mass is 32.1. The first-order valence-electron chi connectivity index (χ1n) is 26.2. The van der Waals surface area contributed by atoms with E-state index in [9.17, 15) is 0 Å². The highest BCUT2D eigenvalue weighted by Crippen LogP contribution is 2.55. The summed E-state index contributed by atoms with van der Waals surface area (Å²) < 4.78 is 10.0. The van der Waals surface area contributed by atoms with Crippen LogP contribution in [0.3, 0.4) is 0 Å². The van der Waals surface area contributed by atoms with E-state index in [0.29, 0.717) is 0 Å². The lowest BCUT2D eigenvalue weighted by atomic mass is 9.36. The molecule has 0 aliphatic carbocycles. The Morgan fingerprint density at radius 3 is 1.72 bits per heavy atom. The van der Waals surface area contributed by atoms with Gasteiger partial charge in [0.15, 0.2) is 0 Å². The summed E-state index contributed by atoms with van der Waals surface area (Å²) in [5.41, 5.74) is 19.1. The Labute approximate surface area is 439 Å². The molecule has 14 rings (SSSR count). The predicted molar refractivity (Wildman–Crippen MR) is 318 cm³/mol. The highest BCUT2D eigenvalue weighted by molar-refractivity contribution is 7.33. The summed E-state index contributed by atoms with van der Waals surface area (Å²) in [6, 6.07) is 75.3. The maximum Gasteiger partial charge on any atom is 0.268 e. The normalized spacial score (nSPS) is 14.4. The van der Waals surface area contributed by atoms with Gasteiger partial charge in [-0.15, -0.1) is 11.3 Å². The third-order valence-corrected chi connectivity index (χ3v) is 17.6. The SMILES string of the molecule is CC(C)(C)c1cc2c3c(c1)N(c1ccc4c(-c5ccccc5)c5ccccc5c(-c5ccccc5)c4c1)c1cc4c(cc1B3c1sc3ccc(C(C)(C)C)cc3c1O2)C(C)(C)c1ccccc1N4c1ccccc1. The number of thiophene rings is 1. The molecule has 0 saturated heterocycles. The number of para-hydroxylation sites is 2. The number of ether oxygens (including phenoxy) is 1. The molecule has 0 bridgehead atoms. The number of hydrogen-bond donors (Lipinski definition) is 0. The van der Waals surface area contributed by atoms with Crippen molar-refractivity contribution in [1.29, 1.82) is 0 Å². The highest BCUT2D eigenvalue weighted by Gasteiger charge is 2.47. The van der Waals surface area contributed by atoms with Crippen LogP contribution in [0.1, 0.15) is 77.6 Å². The second-order valence-corrected chi connectivity index (χ2v) is 24.4. The van der Waals surface area contributed by atoms with Crippen molar-refractivity contribution in [2.24, 2.45) is 0 Å². The fraction of sp³-hybridized carbons (Fsp3) is 0.159. The van der Waals surface area contributed by atoms with Crippen molar-refractivity contribution in [1.82, 2.24) is 0 Å². The third-order valence-electron chi connectivity index (χ3n) is 16.4. The third kappa shape index (κ3) is 6.65. The Bertz CT molecular complexity index is 4110. The Morgan fingerprint density at radius 2 is 1.04 bits per heavy atom. The number of rotatable bonds is 4. The molecule has 1 aromatic heterocycles. The summed E-state index contributed by atoms with van der Waals surface area (Å²) in [6.45, 7) is 18.7. The van der Waals surface area contributed by atoms with E-state index >= 15 is 0 Å². The zero-order valence-corrected chi connectivity index (χ0v) is 44.2. The summed E-state index contributed by atoms with van der Waals surface area (Å²) in [5.74, 6) is 1.94. The summed E-state index contributed by atoms with van der Waals surface area (Å²) in [6.07, 6.45) is 0. The molecule has 5 heteroatoms. The second-order valence-electron chi connectivity index (χ2n) is 23.3. The molecule has 0 amide bonds. The number of nitrogens with zero attached hydrogens (tertiary/aromatic N) is 2. The fourth-order valence-corrected chi connectivity index (χ4v) is 13.8. The molecule has 0 atom stereocenters. The molecular weight excluding hydrogens is 916 g/mol. The van der Waals surface area contributed by atoms with Crippen LogP contribution in [-0.2, 0) is 16.2 Å². The quantitative estimate of drug-likeness (QED) is 0.129. The minimum Gasteiger partial charge on any atom is -0.457 e. The molecule has 11 aromatic rings.